The lowest BCUT2D eigenvalue weighted by atomic mass is 10.2. The van der Waals surface area contributed by atoms with Gasteiger partial charge in [-0.2, -0.15) is 0 Å². The highest BCUT2D eigenvalue weighted by atomic mass is 16.6. The second kappa shape index (κ2) is 7.71. The molecule has 2 N–H and O–H groups in total. The molecule has 0 radical (unpaired) electrons. The molecule has 23 heavy (non-hydrogen) atoms. The summed E-state index contributed by atoms with van der Waals surface area (Å²) >= 11 is 0. The molecule has 0 aliphatic heterocycles. The minimum atomic E-state index is -0.752. The van der Waals surface area contributed by atoms with Gasteiger partial charge in [0.05, 0.1) is 14.2 Å². The normalized spacial score (nSPS) is 12.1. The minimum Gasteiger partial charge on any atom is -0.493 e. The van der Waals surface area contributed by atoms with Crippen LogP contribution in [0, 0.1) is 0 Å². The predicted molar refractivity (Wildman–Crippen MR) is 87.0 cm³/mol. The molecule has 128 valence electrons. The van der Waals surface area contributed by atoms with E-state index in [1.54, 1.807) is 45.9 Å². The standard InChI is InChI=1S/C16H24N2O5/c1-10(17-15(20)23-16(2,3)4)14(19)18-11-7-8-12(21-5)13(9-11)22-6/h7-10H,1-6H3,(H,17,20)(H,18,19). The molecule has 0 aromatic heterocycles. The maximum absolute atomic E-state index is 12.1. The number of anilines is 1. The largest absolute Gasteiger partial charge is 0.493 e. The molecule has 7 heteroatoms. The average Bonchev–Trinajstić information content (AvgIpc) is 2.44. The van der Waals surface area contributed by atoms with Crippen molar-refractivity contribution in [3.63, 3.8) is 0 Å². The number of rotatable bonds is 5. The van der Waals surface area contributed by atoms with Gasteiger partial charge in [-0.05, 0) is 39.8 Å². The van der Waals surface area contributed by atoms with Crippen LogP contribution in [0.3, 0.4) is 0 Å². The number of ether oxygens (including phenoxy) is 3. The van der Waals surface area contributed by atoms with Crippen LogP contribution < -0.4 is 20.1 Å². The second-order valence-electron chi connectivity index (χ2n) is 5.93. The molecule has 0 bridgehead atoms. The van der Waals surface area contributed by atoms with E-state index >= 15 is 0 Å². The van der Waals surface area contributed by atoms with Crippen LogP contribution in [0.4, 0.5) is 10.5 Å². The van der Waals surface area contributed by atoms with Crippen molar-refractivity contribution in [2.75, 3.05) is 19.5 Å². The molecule has 0 aliphatic carbocycles. The summed E-state index contributed by atoms with van der Waals surface area (Å²) in [7, 11) is 3.04. The smallest absolute Gasteiger partial charge is 0.408 e. The topological polar surface area (TPSA) is 85.9 Å². The Morgan fingerprint density at radius 3 is 2.22 bits per heavy atom. The van der Waals surface area contributed by atoms with Crippen LogP contribution in [0.5, 0.6) is 11.5 Å². The van der Waals surface area contributed by atoms with E-state index in [4.69, 9.17) is 14.2 Å². The van der Waals surface area contributed by atoms with Crippen LogP contribution in [0.25, 0.3) is 0 Å². The molecule has 1 aromatic carbocycles. The van der Waals surface area contributed by atoms with Crippen molar-refractivity contribution in [3.05, 3.63) is 18.2 Å². The molecule has 0 saturated heterocycles. The van der Waals surface area contributed by atoms with E-state index in [1.165, 1.54) is 14.2 Å². The summed E-state index contributed by atoms with van der Waals surface area (Å²) in [6.45, 7) is 6.82. The number of nitrogens with one attached hydrogen (secondary N) is 2. The third kappa shape index (κ3) is 6.06. The van der Waals surface area contributed by atoms with E-state index in [1.807, 2.05) is 0 Å². The van der Waals surface area contributed by atoms with Gasteiger partial charge in [0.1, 0.15) is 11.6 Å². The highest BCUT2D eigenvalue weighted by Gasteiger charge is 2.21. The Hall–Kier alpha value is -2.44. The van der Waals surface area contributed by atoms with Crippen molar-refractivity contribution < 1.29 is 23.8 Å². The van der Waals surface area contributed by atoms with Crippen molar-refractivity contribution in [3.8, 4) is 11.5 Å². The van der Waals surface area contributed by atoms with Crippen LogP contribution in [-0.2, 0) is 9.53 Å². The average molecular weight is 324 g/mol. The summed E-state index contributed by atoms with van der Waals surface area (Å²) in [5, 5.41) is 5.17. The zero-order valence-corrected chi connectivity index (χ0v) is 14.4. The fraction of sp³-hybridized carbons (Fsp3) is 0.500. The highest BCUT2D eigenvalue weighted by Crippen LogP contribution is 2.29. The van der Waals surface area contributed by atoms with E-state index in [0.717, 1.165) is 0 Å². The van der Waals surface area contributed by atoms with Gasteiger partial charge in [0, 0.05) is 11.8 Å². The molecule has 0 fully saturated rings. The second-order valence-corrected chi connectivity index (χ2v) is 5.93. The summed E-state index contributed by atoms with van der Waals surface area (Å²) in [6, 6.07) is 4.24. The first-order chi connectivity index (χ1) is 10.7. The van der Waals surface area contributed by atoms with Gasteiger partial charge in [0.25, 0.3) is 0 Å². The van der Waals surface area contributed by atoms with Gasteiger partial charge in [-0.3, -0.25) is 4.79 Å². The predicted octanol–water partition coefficient (Wildman–Crippen LogP) is 2.56. The number of amides is 2. The Morgan fingerprint density at radius 1 is 1.09 bits per heavy atom. The lowest BCUT2D eigenvalue weighted by molar-refractivity contribution is -0.117. The van der Waals surface area contributed by atoms with Gasteiger partial charge in [0.15, 0.2) is 11.5 Å². The lowest BCUT2D eigenvalue weighted by Gasteiger charge is -2.21. The molecule has 1 unspecified atom stereocenters. The van der Waals surface area contributed by atoms with Gasteiger partial charge < -0.3 is 24.8 Å². The van der Waals surface area contributed by atoms with Gasteiger partial charge in [0.2, 0.25) is 5.91 Å². The Morgan fingerprint density at radius 2 is 1.70 bits per heavy atom. The van der Waals surface area contributed by atoms with Crippen LogP contribution >= 0.6 is 0 Å². The summed E-state index contributed by atoms with van der Waals surface area (Å²) < 4.78 is 15.4. The molecule has 0 aliphatic rings. The molecular formula is C16H24N2O5. The monoisotopic (exact) mass is 324 g/mol. The Kier molecular flexibility index (Phi) is 6.24. The van der Waals surface area contributed by atoms with E-state index in [9.17, 15) is 9.59 Å². The third-order valence-electron chi connectivity index (χ3n) is 2.78. The fourth-order valence-corrected chi connectivity index (χ4v) is 1.71. The number of carbonyl (C=O) groups excluding carboxylic acids is 2. The highest BCUT2D eigenvalue weighted by molar-refractivity contribution is 5.96. The number of carbonyl (C=O) groups is 2. The summed E-state index contributed by atoms with van der Waals surface area (Å²) in [5.41, 5.74) is -0.0885. The Labute approximate surface area is 136 Å². The van der Waals surface area contributed by atoms with Gasteiger partial charge in [-0.1, -0.05) is 0 Å². The number of hydrogen-bond donors (Lipinski definition) is 2. The molecule has 1 atom stereocenters. The molecule has 0 spiro atoms. The first kappa shape index (κ1) is 18.6. The zero-order chi connectivity index (χ0) is 17.6. The SMILES string of the molecule is COc1ccc(NC(=O)C(C)NC(=O)OC(C)(C)C)cc1OC. The quantitative estimate of drug-likeness (QED) is 0.869. The molecule has 1 aromatic rings. The van der Waals surface area contributed by atoms with Crippen molar-refractivity contribution >= 4 is 17.7 Å². The van der Waals surface area contributed by atoms with Crippen molar-refractivity contribution in [2.24, 2.45) is 0 Å². The Bertz CT molecular complexity index is 566. The zero-order valence-electron chi connectivity index (χ0n) is 14.4. The van der Waals surface area contributed by atoms with E-state index in [2.05, 4.69) is 10.6 Å². The first-order valence-corrected chi connectivity index (χ1v) is 7.18. The number of alkyl carbamates (subject to hydrolysis) is 1. The summed E-state index contributed by atoms with van der Waals surface area (Å²) in [5.74, 6) is 0.687. The maximum atomic E-state index is 12.1. The molecule has 2 amide bonds. The number of benzene rings is 1. The molecule has 0 heterocycles. The van der Waals surface area contributed by atoms with E-state index < -0.39 is 17.7 Å². The molecular weight excluding hydrogens is 300 g/mol. The summed E-state index contributed by atoms with van der Waals surface area (Å²) in [4.78, 5) is 23.8. The van der Waals surface area contributed by atoms with Crippen molar-refractivity contribution in [2.45, 2.75) is 39.3 Å². The van der Waals surface area contributed by atoms with E-state index in [-0.39, 0.29) is 5.91 Å². The van der Waals surface area contributed by atoms with Gasteiger partial charge in [-0.15, -0.1) is 0 Å². The van der Waals surface area contributed by atoms with Gasteiger partial charge >= 0.3 is 6.09 Å². The van der Waals surface area contributed by atoms with E-state index in [0.29, 0.717) is 17.2 Å². The first-order valence-electron chi connectivity index (χ1n) is 7.18. The molecule has 1 rings (SSSR count). The van der Waals surface area contributed by atoms with Crippen LogP contribution in [0.2, 0.25) is 0 Å². The third-order valence-corrected chi connectivity index (χ3v) is 2.78. The summed E-state index contributed by atoms with van der Waals surface area (Å²) in [6.07, 6.45) is -0.646. The maximum Gasteiger partial charge on any atom is 0.408 e. The van der Waals surface area contributed by atoms with Crippen LogP contribution in [0.1, 0.15) is 27.7 Å². The molecule has 7 nitrogen and oxygen atoms in total. The molecule has 0 saturated carbocycles. The minimum absolute atomic E-state index is 0.372. The van der Waals surface area contributed by atoms with Crippen molar-refractivity contribution in [1.82, 2.24) is 5.32 Å². The van der Waals surface area contributed by atoms with Crippen LogP contribution in [-0.4, -0.2) is 37.9 Å². The lowest BCUT2D eigenvalue weighted by Crippen LogP contribution is -2.43. The number of methoxy groups -OCH3 is 2. The number of hydrogen-bond acceptors (Lipinski definition) is 5. The van der Waals surface area contributed by atoms with Gasteiger partial charge in [-0.25, -0.2) is 4.79 Å². The Balaban J connectivity index is 2.66. The fourth-order valence-electron chi connectivity index (χ4n) is 1.71. The van der Waals surface area contributed by atoms with Crippen LogP contribution in [0.15, 0.2) is 18.2 Å². The van der Waals surface area contributed by atoms with Crippen molar-refractivity contribution in [1.29, 1.82) is 0 Å².